The maximum absolute atomic E-state index is 11.1. The second-order valence-electron chi connectivity index (χ2n) is 4.18. The number of rotatable bonds is 5. The molecule has 0 bridgehead atoms. The number of aromatic nitrogens is 2. The summed E-state index contributed by atoms with van der Waals surface area (Å²) in [4.78, 5) is 11.1. The minimum atomic E-state index is 0.605. The molecule has 4 heteroatoms. The maximum Gasteiger partial charge on any atom is 0.153 e. The van der Waals surface area contributed by atoms with Crippen LogP contribution in [0.5, 0.6) is 0 Å². The molecular weight excluding hydrogens is 248 g/mol. The van der Waals surface area contributed by atoms with Gasteiger partial charge in [-0.3, -0.25) is 9.48 Å². The molecule has 1 aromatic heterocycles. The number of unbranched alkanes of at least 4 members (excludes halogenated alkanes) is 1. The predicted molar refractivity (Wildman–Crippen MR) is 73.0 cm³/mol. The van der Waals surface area contributed by atoms with Gasteiger partial charge < -0.3 is 0 Å². The van der Waals surface area contributed by atoms with Gasteiger partial charge in [0.1, 0.15) is 5.69 Å². The molecule has 0 aliphatic rings. The summed E-state index contributed by atoms with van der Waals surface area (Å²) in [7, 11) is 0. The van der Waals surface area contributed by atoms with Gasteiger partial charge in [0.05, 0.1) is 5.56 Å². The lowest BCUT2D eigenvalue weighted by atomic mass is 10.1. The lowest BCUT2D eigenvalue weighted by Gasteiger charge is -2.00. The van der Waals surface area contributed by atoms with Crippen LogP contribution in [0.3, 0.4) is 0 Å². The summed E-state index contributed by atoms with van der Waals surface area (Å²) in [5, 5.41) is 5.10. The fourth-order valence-electron chi connectivity index (χ4n) is 1.82. The third kappa shape index (κ3) is 2.79. The highest BCUT2D eigenvalue weighted by atomic mass is 35.5. The van der Waals surface area contributed by atoms with Gasteiger partial charge in [0, 0.05) is 23.3 Å². The first-order chi connectivity index (χ1) is 8.74. The van der Waals surface area contributed by atoms with Crippen LogP contribution in [0.25, 0.3) is 11.3 Å². The van der Waals surface area contributed by atoms with Gasteiger partial charge in [-0.15, -0.1) is 0 Å². The van der Waals surface area contributed by atoms with E-state index in [-0.39, 0.29) is 0 Å². The topological polar surface area (TPSA) is 34.9 Å². The SMILES string of the molecule is CCCCn1cc(C=O)c(-c2cccc(Cl)c2)n1. The largest absolute Gasteiger partial charge is 0.298 e. The van der Waals surface area contributed by atoms with E-state index in [0.717, 1.165) is 31.2 Å². The van der Waals surface area contributed by atoms with Crippen LogP contribution in [0.15, 0.2) is 30.5 Å². The molecule has 0 aliphatic heterocycles. The Morgan fingerprint density at radius 1 is 1.44 bits per heavy atom. The van der Waals surface area contributed by atoms with Crippen molar-refractivity contribution in [1.29, 1.82) is 0 Å². The Labute approximate surface area is 111 Å². The van der Waals surface area contributed by atoms with E-state index < -0.39 is 0 Å². The molecule has 94 valence electrons. The van der Waals surface area contributed by atoms with E-state index in [9.17, 15) is 4.79 Å². The highest BCUT2D eigenvalue weighted by Gasteiger charge is 2.10. The Kier molecular flexibility index (Phi) is 4.15. The lowest BCUT2D eigenvalue weighted by Crippen LogP contribution is -1.97. The third-order valence-corrected chi connectivity index (χ3v) is 2.99. The Morgan fingerprint density at radius 3 is 2.94 bits per heavy atom. The van der Waals surface area contributed by atoms with Crippen LogP contribution in [0.2, 0.25) is 5.02 Å². The van der Waals surface area contributed by atoms with Crippen molar-refractivity contribution in [2.45, 2.75) is 26.3 Å². The molecule has 18 heavy (non-hydrogen) atoms. The highest BCUT2D eigenvalue weighted by molar-refractivity contribution is 6.30. The molecule has 0 fully saturated rings. The van der Waals surface area contributed by atoms with Crippen molar-refractivity contribution in [2.24, 2.45) is 0 Å². The summed E-state index contributed by atoms with van der Waals surface area (Å²) in [5.74, 6) is 0. The standard InChI is InChI=1S/C14H15ClN2O/c1-2-3-7-17-9-12(10-18)14(16-17)11-5-4-6-13(15)8-11/h4-6,8-10H,2-3,7H2,1H3. The van der Waals surface area contributed by atoms with Crippen molar-refractivity contribution in [3.8, 4) is 11.3 Å². The van der Waals surface area contributed by atoms with E-state index in [2.05, 4.69) is 12.0 Å². The van der Waals surface area contributed by atoms with Crippen molar-refractivity contribution in [3.63, 3.8) is 0 Å². The molecule has 0 radical (unpaired) electrons. The number of aryl methyl sites for hydroxylation is 1. The van der Waals surface area contributed by atoms with Crippen molar-refractivity contribution < 1.29 is 4.79 Å². The smallest absolute Gasteiger partial charge is 0.153 e. The van der Waals surface area contributed by atoms with Crippen molar-refractivity contribution in [2.75, 3.05) is 0 Å². The van der Waals surface area contributed by atoms with Crippen LogP contribution >= 0.6 is 11.6 Å². The summed E-state index contributed by atoms with van der Waals surface area (Å²) in [6.07, 6.45) is 4.78. The number of benzene rings is 1. The Balaban J connectivity index is 2.37. The van der Waals surface area contributed by atoms with E-state index in [4.69, 9.17) is 11.6 Å². The number of halogens is 1. The fraction of sp³-hybridized carbons (Fsp3) is 0.286. The van der Waals surface area contributed by atoms with E-state index in [0.29, 0.717) is 16.3 Å². The lowest BCUT2D eigenvalue weighted by molar-refractivity contribution is 0.112. The molecule has 0 spiro atoms. The summed E-state index contributed by atoms with van der Waals surface area (Å²) in [6.45, 7) is 2.96. The van der Waals surface area contributed by atoms with Gasteiger partial charge in [-0.2, -0.15) is 5.10 Å². The molecule has 0 N–H and O–H groups in total. The second kappa shape index (κ2) is 5.83. The molecule has 2 rings (SSSR count). The quantitative estimate of drug-likeness (QED) is 0.768. The van der Waals surface area contributed by atoms with Crippen molar-refractivity contribution >= 4 is 17.9 Å². The number of aldehydes is 1. The van der Waals surface area contributed by atoms with Gasteiger partial charge in [0.25, 0.3) is 0 Å². The van der Waals surface area contributed by atoms with Gasteiger partial charge in [0.2, 0.25) is 0 Å². The van der Waals surface area contributed by atoms with Gasteiger partial charge in [-0.05, 0) is 18.6 Å². The molecule has 0 amide bonds. The van der Waals surface area contributed by atoms with Crippen LogP contribution in [0.1, 0.15) is 30.1 Å². The summed E-state index contributed by atoms with van der Waals surface area (Å²) < 4.78 is 1.82. The molecule has 0 saturated carbocycles. The zero-order valence-corrected chi connectivity index (χ0v) is 11.0. The molecule has 2 aromatic rings. The Bertz CT molecular complexity index is 548. The first kappa shape index (κ1) is 12.8. The van der Waals surface area contributed by atoms with Gasteiger partial charge >= 0.3 is 0 Å². The Morgan fingerprint density at radius 2 is 2.28 bits per heavy atom. The first-order valence-electron chi connectivity index (χ1n) is 6.03. The number of nitrogens with zero attached hydrogens (tertiary/aromatic N) is 2. The molecule has 0 aliphatic carbocycles. The summed E-state index contributed by atoms with van der Waals surface area (Å²) in [5.41, 5.74) is 2.18. The van der Waals surface area contributed by atoms with Gasteiger partial charge in [0.15, 0.2) is 6.29 Å². The zero-order chi connectivity index (χ0) is 13.0. The molecule has 0 saturated heterocycles. The maximum atomic E-state index is 11.1. The van der Waals surface area contributed by atoms with Gasteiger partial charge in [-0.25, -0.2) is 0 Å². The van der Waals surface area contributed by atoms with Crippen LogP contribution in [-0.4, -0.2) is 16.1 Å². The number of carbonyl (C=O) groups is 1. The third-order valence-electron chi connectivity index (χ3n) is 2.76. The molecule has 1 aromatic carbocycles. The van der Waals surface area contributed by atoms with Crippen molar-refractivity contribution in [1.82, 2.24) is 9.78 Å². The summed E-state index contributed by atoms with van der Waals surface area (Å²) >= 11 is 5.96. The second-order valence-corrected chi connectivity index (χ2v) is 4.61. The predicted octanol–water partition coefficient (Wildman–Crippen LogP) is 3.82. The minimum absolute atomic E-state index is 0.605. The highest BCUT2D eigenvalue weighted by Crippen LogP contribution is 2.23. The average Bonchev–Trinajstić information content (AvgIpc) is 2.79. The van der Waals surface area contributed by atoms with E-state index in [1.54, 1.807) is 12.3 Å². The van der Waals surface area contributed by atoms with Crippen LogP contribution < -0.4 is 0 Å². The van der Waals surface area contributed by atoms with Crippen LogP contribution in [-0.2, 0) is 6.54 Å². The monoisotopic (exact) mass is 262 g/mol. The molecular formula is C14H15ClN2O. The average molecular weight is 263 g/mol. The minimum Gasteiger partial charge on any atom is -0.298 e. The van der Waals surface area contributed by atoms with Gasteiger partial charge in [-0.1, -0.05) is 37.1 Å². The molecule has 0 unspecified atom stereocenters. The zero-order valence-electron chi connectivity index (χ0n) is 10.3. The number of hydrogen-bond donors (Lipinski definition) is 0. The first-order valence-corrected chi connectivity index (χ1v) is 6.41. The number of hydrogen-bond acceptors (Lipinski definition) is 2. The molecule has 0 atom stereocenters. The fourth-order valence-corrected chi connectivity index (χ4v) is 2.01. The molecule has 3 nitrogen and oxygen atoms in total. The van der Waals surface area contributed by atoms with E-state index in [1.807, 2.05) is 22.9 Å². The van der Waals surface area contributed by atoms with E-state index >= 15 is 0 Å². The van der Waals surface area contributed by atoms with Crippen molar-refractivity contribution in [3.05, 3.63) is 41.0 Å². The van der Waals surface area contributed by atoms with Crippen LogP contribution in [0.4, 0.5) is 0 Å². The van der Waals surface area contributed by atoms with E-state index in [1.165, 1.54) is 0 Å². The summed E-state index contributed by atoms with van der Waals surface area (Å²) in [6, 6.07) is 7.39. The normalized spacial score (nSPS) is 10.6. The molecule has 1 heterocycles. The Hall–Kier alpha value is -1.61. The number of carbonyl (C=O) groups excluding carboxylic acids is 1. The van der Waals surface area contributed by atoms with Crippen LogP contribution in [0, 0.1) is 0 Å².